The minimum Gasteiger partial charge on any atom is -0.494 e. The van der Waals surface area contributed by atoms with Crippen LogP contribution in [-0.2, 0) is 10.0 Å². The first-order valence-electron chi connectivity index (χ1n) is 9.82. The van der Waals surface area contributed by atoms with E-state index in [-0.39, 0.29) is 18.2 Å². The molecule has 0 amide bonds. The van der Waals surface area contributed by atoms with E-state index in [9.17, 15) is 8.42 Å². The lowest BCUT2D eigenvalue weighted by Gasteiger charge is -2.37. The monoisotopic (exact) mass is 402 g/mol. The predicted molar refractivity (Wildman–Crippen MR) is 106 cm³/mol. The van der Waals surface area contributed by atoms with Gasteiger partial charge in [-0.15, -0.1) is 0 Å². The van der Waals surface area contributed by atoms with Crippen LogP contribution in [0.2, 0.25) is 0 Å². The molecule has 2 fully saturated rings. The number of sulfonamides is 1. The van der Waals surface area contributed by atoms with E-state index >= 15 is 0 Å². The zero-order chi connectivity index (χ0) is 19.7. The van der Waals surface area contributed by atoms with Crippen molar-refractivity contribution in [2.45, 2.75) is 62.6 Å². The van der Waals surface area contributed by atoms with Gasteiger partial charge in [-0.2, -0.15) is 4.31 Å². The van der Waals surface area contributed by atoms with E-state index in [1.165, 1.54) is 0 Å². The van der Waals surface area contributed by atoms with Crippen LogP contribution < -0.4 is 9.47 Å². The van der Waals surface area contributed by atoms with E-state index in [1.54, 1.807) is 34.9 Å². The summed E-state index contributed by atoms with van der Waals surface area (Å²) in [6.07, 6.45) is 6.65. The normalized spacial score (nSPS) is 24.9. The third-order valence-corrected chi connectivity index (χ3v) is 7.60. The van der Waals surface area contributed by atoms with E-state index < -0.39 is 10.0 Å². The lowest BCUT2D eigenvalue weighted by Crippen LogP contribution is -2.49. The van der Waals surface area contributed by atoms with Gasteiger partial charge in [0.25, 0.3) is 0 Å². The fourth-order valence-corrected chi connectivity index (χ4v) is 6.38. The number of rotatable bonds is 6. The van der Waals surface area contributed by atoms with Crippen LogP contribution in [0.1, 0.15) is 38.2 Å². The van der Waals surface area contributed by atoms with Crippen molar-refractivity contribution in [2.24, 2.45) is 0 Å². The summed E-state index contributed by atoms with van der Waals surface area (Å²) in [7, 11) is -3.54. The molecule has 1 aromatic carbocycles. The summed E-state index contributed by atoms with van der Waals surface area (Å²) in [5.41, 5.74) is 0.839. The number of nitrogens with zero attached hydrogens (tertiary/aromatic N) is 2. The first-order valence-corrected chi connectivity index (χ1v) is 11.3. The van der Waals surface area contributed by atoms with Crippen LogP contribution in [0, 0.1) is 6.92 Å². The Labute approximate surface area is 166 Å². The lowest BCUT2D eigenvalue weighted by atomic mass is 10.0. The quantitative estimate of drug-likeness (QED) is 0.739. The Morgan fingerprint density at radius 1 is 1.11 bits per heavy atom. The maximum Gasteiger partial charge on any atom is 0.243 e. The van der Waals surface area contributed by atoms with E-state index in [1.807, 2.05) is 26.0 Å². The molecule has 0 saturated carbocycles. The molecular weight excluding hydrogens is 376 g/mol. The van der Waals surface area contributed by atoms with Gasteiger partial charge in [-0.05, 0) is 62.6 Å². The van der Waals surface area contributed by atoms with Crippen molar-refractivity contribution in [3.63, 3.8) is 0 Å². The third-order valence-electron chi connectivity index (χ3n) is 5.60. The Morgan fingerprint density at radius 2 is 1.79 bits per heavy atom. The second kappa shape index (κ2) is 7.72. The molecule has 2 aliphatic heterocycles. The number of fused-ring (bicyclic) bond motifs is 2. The average Bonchev–Trinajstić information content (AvgIpc) is 2.96. The Bertz CT molecular complexity index is 919. The number of hydrogen-bond acceptors (Lipinski definition) is 5. The topological polar surface area (TPSA) is 68.7 Å². The standard InChI is InChI=1S/C21H26N2O4S/c1-3-26-21-7-6-20(12-15(21)2)28(24,25)23-16-4-5-17(23)14-19(13-16)27-18-8-10-22-11-9-18/h6-12,16-17,19H,3-5,13-14H2,1-2H3. The summed E-state index contributed by atoms with van der Waals surface area (Å²) in [5.74, 6) is 1.52. The van der Waals surface area contributed by atoms with Gasteiger partial charge in [0, 0.05) is 37.3 Å². The summed E-state index contributed by atoms with van der Waals surface area (Å²) in [6, 6.07) is 8.80. The number of hydrogen-bond donors (Lipinski definition) is 0. The molecule has 1 aromatic heterocycles. The molecule has 2 saturated heterocycles. The zero-order valence-corrected chi connectivity index (χ0v) is 17.1. The summed E-state index contributed by atoms with van der Waals surface area (Å²) in [6.45, 7) is 4.36. The van der Waals surface area contributed by atoms with Crippen molar-refractivity contribution in [1.29, 1.82) is 0 Å². The molecule has 28 heavy (non-hydrogen) atoms. The highest BCUT2D eigenvalue weighted by molar-refractivity contribution is 7.89. The summed E-state index contributed by atoms with van der Waals surface area (Å²) >= 11 is 0. The van der Waals surface area contributed by atoms with Crippen molar-refractivity contribution in [2.75, 3.05) is 6.61 Å². The highest BCUT2D eigenvalue weighted by atomic mass is 32.2. The third kappa shape index (κ3) is 3.61. The van der Waals surface area contributed by atoms with Gasteiger partial charge in [0.05, 0.1) is 11.5 Å². The second-order valence-corrected chi connectivity index (χ2v) is 9.32. The van der Waals surface area contributed by atoms with Gasteiger partial charge >= 0.3 is 0 Å². The van der Waals surface area contributed by atoms with Crippen LogP contribution in [-0.4, -0.2) is 42.5 Å². The average molecular weight is 403 g/mol. The number of benzene rings is 1. The molecule has 6 nitrogen and oxygen atoms in total. The number of piperidine rings is 1. The van der Waals surface area contributed by atoms with E-state index in [0.717, 1.165) is 29.9 Å². The fourth-order valence-electron chi connectivity index (χ4n) is 4.40. The Balaban J connectivity index is 1.53. The molecule has 3 heterocycles. The van der Waals surface area contributed by atoms with Gasteiger partial charge in [0.15, 0.2) is 0 Å². The lowest BCUT2D eigenvalue weighted by molar-refractivity contribution is 0.0956. The van der Waals surface area contributed by atoms with Crippen LogP contribution in [0.4, 0.5) is 0 Å². The van der Waals surface area contributed by atoms with Gasteiger partial charge in [0.2, 0.25) is 10.0 Å². The smallest absolute Gasteiger partial charge is 0.243 e. The molecule has 0 N–H and O–H groups in total. The largest absolute Gasteiger partial charge is 0.494 e. The highest BCUT2D eigenvalue weighted by Gasteiger charge is 2.47. The number of ether oxygens (including phenoxy) is 2. The van der Waals surface area contributed by atoms with E-state index in [2.05, 4.69) is 4.98 Å². The molecule has 0 spiro atoms. The minimum atomic E-state index is -3.54. The molecular formula is C21H26N2O4S. The van der Waals surface area contributed by atoms with Crippen molar-refractivity contribution >= 4 is 10.0 Å². The Morgan fingerprint density at radius 3 is 2.39 bits per heavy atom. The molecule has 0 radical (unpaired) electrons. The van der Waals surface area contributed by atoms with Crippen LogP contribution in [0.15, 0.2) is 47.6 Å². The van der Waals surface area contributed by atoms with Crippen molar-refractivity contribution in [3.8, 4) is 11.5 Å². The molecule has 2 aliphatic rings. The fraction of sp³-hybridized carbons (Fsp3) is 0.476. The molecule has 7 heteroatoms. The van der Waals surface area contributed by atoms with Crippen LogP contribution >= 0.6 is 0 Å². The van der Waals surface area contributed by atoms with Gasteiger partial charge in [0.1, 0.15) is 17.6 Å². The number of aromatic nitrogens is 1. The van der Waals surface area contributed by atoms with Crippen molar-refractivity contribution < 1.29 is 17.9 Å². The molecule has 4 rings (SSSR count). The minimum absolute atomic E-state index is 0.0116. The first-order chi connectivity index (χ1) is 13.5. The van der Waals surface area contributed by atoms with Crippen LogP contribution in [0.3, 0.4) is 0 Å². The highest BCUT2D eigenvalue weighted by Crippen LogP contribution is 2.41. The second-order valence-electron chi connectivity index (χ2n) is 7.47. The molecule has 2 aromatic rings. The first kappa shape index (κ1) is 19.2. The molecule has 0 aliphatic carbocycles. The maximum absolute atomic E-state index is 13.4. The number of aryl methyl sites for hydroxylation is 1. The summed E-state index contributed by atoms with van der Waals surface area (Å²) in [4.78, 5) is 4.35. The Hall–Kier alpha value is -2.12. The van der Waals surface area contributed by atoms with E-state index in [4.69, 9.17) is 9.47 Å². The molecule has 2 bridgehead atoms. The molecule has 2 atom stereocenters. The van der Waals surface area contributed by atoms with Gasteiger partial charge in [-0.1, -0.05) is 0 Å². The molecule has 150 valence electrons. The van der Waals surface area contributed by atoms with E-state index in [0.29, 0.717) is 24.3 Å². The maximum atomic E-state index is 13.4. The van der Waals surface area contributed by atoms with Crippen LogP contribution in [0.5, 0.6) is 11.5 Å². The number of pyridine rings is 1. The van der Waals surface area contributed by atoms with Gasteiger partial charge in [-0.25, -0.2) is 8.42 Å². The Kier molecular flexibility index (Phi) is 5.29. The van der Waals surface area contributed by atoms with Crippen LogP contribution in [0.25, 0.3) is 0 Å². The van der Waals surface area contributed by atoms with Crippen molar-refractivity contribution in [3.05, 3.63) is 48.3 Å². The van der Waals surface area contributed by atoms with Gasteiger partial charge in [-0.3, -0.25) is 4.98 Å². The SMILES string of the molecule is CCOc1ccc(S(=O)(=O)N2C3CCC2CC(Oc2ccncc2)C3)cc1C. The summed E-state index contributed by atoms with van der Waals surface area (Å²) in [5, 5.41) is 0. The summed E-state index contributed by atoms with van der Waals surface area (Å²) < 4.78 is 40.1. The molecule has 2 unspecified atom stereocenters. The van der Waals surface area contributed by atoms with Gasteiger partial charge < -0.3 is 9.47 Å². The zero-order valence-electron chi connectivity index (χ0n) is 16.2. The van der Waals surface area contributed by atoms with Crippen molar-refractivity contribution in [1.82, 2.24) is 9.29 Å². The predicted octanol–water partition coefficient (Wildman–Crippen LogP) is 3.55.